The standard InChI is InChI=1S/C13H9ClF2N2S/c1-18(7-9-2-3-12(14)19-9)13-10(15)4-8(6-17)5-11(13)16/h2-5H,7H2,1H3. The fourth-order valence-electron chi connectivity index (χ4n) is 1.74. The van der Waals surface area contributed by atoms with Gasteiger partial charge in [0.25, 0.3) is 0 Å². The molecule has 6 heteroatoms. The Bertz CT molecular complexity index is 625. The van der Waals surface area contributed by atoms with Crippen LogP contribution < -0.4 is 4.90 Å². The van der Waals surface area contributed by atoms with Crippen molar-refractivity contribution in [3.05, 3.63) is 50.7 Å². The van der Waals surface area contributed by atoms with Crippen LogP contribution in [0.25, 0.3) is 0 Å². The largest absolute Gasteiger partial charge is 0.365 e. The number of hydrogen-bond donors (Lipinski definition) is 0. The van der Waals surface area contributed by atoms with Gasteiger partial charge in [-0.1, -0.05) is 11.6 Å². The monoisotopic (exact) mass is 298 g/mol. The summed E-state index contributed by atoms with van der Waals surface area (Å²) < 4.78 is 28.2. The van der Waals surface area contributed by atoms with Crippen LogP contribution in [0.2, 0.25) is 4.34 Å². The fourth-order valence-corrected chi connectivity index (χ4v) is 2.89. The van der Waals surface area contributed by atoms with E-state index in [4.69, 9.17) is 16.9 Å². The topological polar surface area (TPSA) is 27.0 Å². The molecule has 0 unspecified atom stereocenters. The Morgan fingerprint density at radius 2 is 1.95 bits per heavy atom. The zero-order chi connectivity index (χ0) is 14.0. The minimum atomic E-state index is -0.748. The van der Waals surface area contributed by atoms with Crippen LogP contribution in [0.3, 0.4) is 0 Å². The van der Waals surface area contributed by atoms with Gasteiger partial charge in [-0.05, 0) is 24.3 Å². The van der Waals surface area contributed by atoms with Crippen molar-refractivity contribution in [1.82, 2.24) is 0 Å². The van der Waals surface area contributed by atoms with E-state index in [0.29, 0.717) is 10.9 Å². The number of thiophene rings is 1. The van der Waals surface area contributed by atoms with Crippen LogP contribution in [0.4, 0.5) is 14.5 Å². The zero-order valence-corrected chi connectivity index (χ0v) is 11.5. The van der Waals surface area contributed by atoms with Gasteiger partial charge in [-0.2, -0.15) is 5.26 Å². The first-order valence-corrected chi connectivity index (χ1v) is 6.55. The van der Waals surface area contributed by atoms with Gasteiger partial charge in [0.15, 0.2) is 11.6 Å². The number of nitriles is 1. The molecule has 0 N–H and O–H groups in total. The molecular weight excluding hydrogens is 290 g/mol. The van der Waals surface area contributed by atoms with Crippen molar-refractivity contribution < 1.29 is 8.78 Å². The van der Waals surface area contributed by atoms with Gasteiger partial charge in [0.05, 0.1) is 22.5 Å². The lowest BCUT2D eigenvalue weighted by atomic mass is 10.2. The van der Waals surface area contributed by atoms with Gasteiger partial charge in [0, 0.05) is 11.9 Å². The normalized spacial score (nSPS) is 10.3. The summed E-state index contributed by atoms with van der Waals surface area (Å²) in [5, 5.41) is 8.64. The lowest BCUT2D eigenvalue weighted by Gasteiger charge is -2.19. The maximum absolute atomic E-state index is 13.8. The highest BCUT2D eigenvalue weighted by molar-refractivity contribution is 7.16. The van der Waals surface area contributed by atoms with Crippen molar-refractivity contribution in [2.24, 2.45) is 0 Å². The molecule has 0 saturated carbocycles. The first-order valence-electron chi connectivity index (χ1n) is 5.35. The molecule has 2 aromatic rings. The van der Waals surface area contributed by atoms with Crippen molar-refractivity contribution in [1.29, 1.82) is 5.26 Å². The third kappa shape index (κ3) is 3.03. The quantitative estimate of drug-likeness (QED) is 0.849. The van der Waals surface area contributed by atoms with E-state index in [1.807, 2.05) is 6.07 Å². The van der Waals surface area contributed by atoms with Crippen LogP contribution >= 0.6 is 22.9 Å². The molecule has 0 aliphatic carbocycles. The predicted octanol–water partition coefficient (Wildman–Crippen LogP) is 4.19. The zero-order valence-electron chi connectivity index (χ0n) is 9.95. The van der Waals surface area contributed by atoms with E-state index in [0.717, 1.165) is 17.0 Å². The Kier molecular flexibility index (Phi) is 4.03. The number of rotatable bonds is 3. The molecule has 0 bridgehead atoms. The summed E-state index contributed by atoms with van der Waals surface area (Å²) in [5.41, 5.74) is -0.185. The summed E-state index contributed by atoms with van der Waals surface area (Å²) in [5.74, 6) is -1.50. The third-order valence-corrected chi connectivity index (χ3v) is 3.77. The summed E-state index contributed by atoms with van der Waals surface area (Å²) in [6.07, 6.45) is 0. The predicted molar refractivity (Wildman–Crippen MR) is 72.5 cm³/mol. The van der Waals surface area contributed by atoms with Crippen LogP contribution in [0, 0.1) is 23.0 Å². The van der Waals surface area contributed by atoms with E-state index < -0.39 is 11.6 Å². The van der Waals surface area contributed by atoms with Crippen molar-refractivity contribution in [2.75, 3.05) is 11.9 Å². The number of anilines is 1. The Morgan fingerprint density at radius 3 is 2.42 bits per heavy atom. The van der Waals surface area contributed by atoms with E-state index in [1.54, 1.807) is 19.2 Å². The van der Waals surface area contributed by atoms with Gasteiger partial charge >= 0.3 is 0 Å². The highest BCUT2D eigenvalue weighted by atomic mass is 35.5. The lowest BCUT2D eigenvalue weighted by molar-refractivity contribution is 0.576. The van der Waals surface area contributed by atoms with E-state index in [2.05, 4.69) is 0 Å². The highest BCUT2D eigenvalue weighted by Crippen LogP contribution is 2.28. The van der Waals surface area contributed by atoms with Gasteiger partial charge in [-0.25, -0.2) is 8.78 Å². The van der Waals surface area contributed by atoms with Gasteiger partial charge in [-0.3, -0.25) is 0 Å². The smallest absolute Gasteiger partial charge is 0.150 e. The average Bonchev–Trinajstić information content (AvgIpc) is 2.73. The molecule has 1 heterocycles. The highest BCUT2D eigenvalue weighted by Gasteiger charge is 2.16. The van der Waals surface area contributed by atoms with Crippen LogP contribution in [0.1, 0.15) is 10.4 Å². The fraction of sp³-hybridized carbons (Fsp3) is 0.154. The van der Waals surface area contributed by atoms with Crippen molar-refractivity contribution in [3.8, 4) is 6.07 Å². The Hall–Kier alpha value is -1.64. The van der Waals surface area contributed by atoms with Crippen molar-refractivity contribution in [2.45, 2.75) is 6.54 Å². The first-order chi connectivity index (χ1) is 9.01. The minimum absolute atomic E-state index is 0.0358. The Balaban J connectivity index is 2.29. The van der Waals surface area contributed by atoms with Gasteiger partial charge in [0.2, 0.25) is 0 Å². The van der Waals surface area contributed by atoms with E-state index in [-0.39, 0.29) is 11.3 Å². The molecule has 0 amide bonds. The Morgan fingerprint density at radius 1 is 1.32 bits per heavy atom. The second kappa shape index (κ2) is 5.55. The van der Waals surface area contributed by atoms with Gasteiger partial charge in [-0.15, -0.1) is 11.3 Å². The average molecular weight is 299 g/mol. The summed E-state index contributed by atoms with van der Waals surface area (Å²) in [4.78, 5) is 2.35. The molecule has 1 aromatic carbocycles. The summed E-state index contributed by atoms with van der Waals surface area (Å²) >= 11 is 7.16. The lowest BCUT2D eigenvalue weighted by Crippen LogP contribution is -2.18. The number of nitrogens with zero attached hydrogens (tertiary/aromatic N) is 2. The maximum Gasteiger partial charge on any atom is 0.150 e. The molecule has 0 fully saturated rings. The molecule has 0 aliphatic rings. The molecular formula is C13H9ClF2N2S. The molecule has 0 radical (unpaired) electrons. The molecule has 2 rings (SSSR count). The van der Waals surface area contributed by atoms with Crippen molar-refractivity contribution >= 4 is 28.6 Å². The third-order valence-electron chi connectivity index (χ3n) is 2.55. The van der Waals surface area contributed by atoms with Crippen LogP contribution in [-0.4, -0.2) is 7.05 Å². The molecule has 2 nitrogen and oxygen atoms in total. The molecule has 0 aliphatic heterocycles. The van der Waals surface area contributed by atoms with E-state index in [9.17, 15) is 8.78 Å². The van der Waals surface area contributed by atoms with E-state index in [1.165, 1.54) is 16.2 Å². The number of hydrogen-bond acceptors (Lipinski definition) is 3. The summed E-state index contributed by atoms with van der Waals surface area (Å²) in [6.45, 7) is 0.344. The Labute approximate surface area is 118 Å². The van der Waals surface area contributed by atoms with Crippen LogP contribution in [0.15, 0.2) is 24.3 Å². The molecule has 19 heavy (non-hydrogen) atoms. The minimum Gasteiger partial charge on any atom is -0.365 e. The maximum atomic E-state index is 13.8. The SMILES string of the molecule is CN(Cc1ccc(Cl)s1)c1c(F)cc(C#N)cc1F. The second-order valence-corrected chi connectivity index (χ2v) is 5.76. The van der Waals surface area contributed by atoms with Crippen molar-refractivity contribution in [3.63, 3.8) is 0 Å². The van der Waals surface area contributed by atoms with Gasteiger partial charge in [0.1, 0.15) is 5.69 Å². The summed E-state index contributed by atoms with van der Waals surface area (Å²) in [6, 6.07) is 7.31. The van der Waals surface area contributed by atoms with E-state index >= 15 is 0 Å². The molecule has 0 spiro atoms. The molecule has 0 saturated heterocycles. The van der Waals surface area contributed by atoms with Crippen LogP contribution in [0.5, 0.6) is 0 Å². The number of benzene rings is 1. The number of halogens is 3. The summed E-state index contributed by atoms with van der Waals surface area (Å²) in [7, 11) is 1.58. The molecule has 98 valence electrons. The molecule has 0 atom stereocenters. The van der Waals surface area contributed by atoms with Crippen LogP contribution in [-0.2, 0) is 6.54 Å². The van der Waals surface area contributed by atoms with Gasteiger partial charge < -0.3 is 4.90 Å². The first kappa shape index (κ1) is 13.8. The molecule has 1 aromatic heterocycles. The second-order valence-electron chi connectivity index (χ2n) is 3.96.